The molecule has 1 aromatic carbocycles. The molecule has 0 unspecified atom stereocenters. The number of ether oxygens (including phenoxy) is 1. The lowest BCUT2D eigenvalue weighted by Gasteiger charge is -2.33. The Hall–Kier alpha value is -1.74. The van der Waals surface area contributed by atoms with Gasteiger partial charge < -0.3 is 9.64 Å². The fourth-order valence-corrected chi connectivity index (χ4v) is 5.09. The topological polar surface area (TPSA) is 75.7 Å². The molecule has 0 aliphatic carbocycles. The number of thiophene rings is 1. The van der Waals surface area contributed by atoms with Gasteiger partial charge in [0.15, 0.2) is 0 Å². The molecule has 8 heteroatoms. The number of carbonyl (C=O) groups excluding carboxylic acids is 1. The lowest BCUT2D eigenvalue weighted by Crippen LogP contribution is -2.46. The Labute approximate surface area is 157 Å². The molecule has 1 fully saturated rings. The number of rotatable bonds is 6. The molecule has 1 aromatic heterocycles. The van der Waals surface area contributed by atoms with E-state index in [1.165, 1.54) is 11.3 Å². The fourth-order valence-electron chi connectivity index (χ4n) is 2.78. The second-order valence-electron chi connectivity index (χ2n) is 6.01. The highest BCUT2D eigenvalue weighted by Crippen LogP contribution is 2.23. The van der Waals surface area contributed by atoms with Crippen molar-refractivity contribution in [2.45, 2.75) is 23.7 Å². The van der Waals surface area contributed by atoms with E-state index in [4.69, 9.17) is 4.74 Å². The second-order valence-corrected chi connectivity index (χ2v) is 9.17. The molecule has 2 heterocycles. The lowest BCUT2D eigenvalue weighted by molar-refractivity contribution is -0.137. The summed E-state index contributed by atoms with van der Waals surface area (Å²) in [6.07, 6.45) is 0.600. The molecule has 6 nitrogen and oxygen atoms in total. The summed E-state index contributed by atoms with van der Waals surface area (Å²) in [7, 11) is -3.66. The molecule has 1 N–H and O–H groups in total. The summed E-state index contributed by atoms with van der Waals surface area (Å²) in [5, 5.41) is 0. The first-order valence-electron chi connectivity index (χ1n) is 8.52. The smallest absolute Gasteiger partial charge is 0.250 e. The van der Waals surface area contributed by atoms with E-state index in [0.29, 0.717) is 19.7 Å². The maximum Gasteiger partial charge on any atom is 0.250 e. The molecule has 1 aliphatic heterocycles. The predicted molar refractivity (Wildman–Crippen MR) is 101 cm³/mol. The summed E-state index contributed by atoms with van der Waals surface area (Å²) in [6, 6.07) is 13.1. The molecule has 0 saturated carbocycles. The summed E-state index contributed by atoms with van der Waals surface area (Å²) < 4.78 is 33.1. The van der Waals surface area contributed by atoms with Gasteiger partial charge in [0.05, 0.1) is 19.7 Å². The van der Waals surface area contributed by atoms with E-state index in [-0.39, 0.29) is 22.8 Å². The molecule has 3 rings (SSSR count). The van der Waals surface area contributed by atoms with Crippen molar-refractivity contribution in [3.05, 3.63) is 52.9 Å². The molecule has 26 heavy (non-hydrogen) atoms. The van der Waals surface area contributed by atoms with Crippen LogP contribution in [0.5, 0.6) is 0 Å². The highest BCUT2D eigenvalue weighted by molar-refractivity contribution is 7.91. The van der Waals surface area contributed by atoms with Crippen molar-refractivity contribution in [3.8, 4) is 0 Å². The minimum Gasteiger partial charge on any atom is -0.370 e. The molecule has 1 aliphatic rings. The number of sulfonamides is 1. The van der Waals surface area contributed by atoms with Crippen molar-refractivity contribution in [2.75, 3.05) is 26.2 Å². The van der Waals surface area contributed by atoms with Crippen LogP contribution in [0.25, 0.3) is 0 Å². The highest BCUT2D eigenvalue weighted by atomic mass is 32.2. The van der Waals surface area contributed by atoms with Crippen LogP contribution in [-0.4, -0.2) is 45.5 Å². The SMILES string of the molecule is CCc1ccc(S(=O)(=O)NCC(=O)N2CCO[C@H](c3ccccc3)C2)s1. The van der Waals surface area contributed by atoms with Crippen LogP contribution in [0.1, 0.15) is 23.5 Å². The first-order chi connectivity index (χ1) is 12.5. The highest BCUT2D eigenvalue weighted by Gasteiger charge is 2.26. The molecular formula is C18H22N2O4S2. The maximum atomic E-state index is 12.5. The van der Waals surface area contributed by atoms with Crippen LogP contribution < -0.4 is 4.72 Å². The van der Waals surface area contributed by atoms with E-state index in [9.17, 15) is 13.2 Å². The molecular weight excluding hydrogens is 372 g/mol. The van der Waals surface area contributed by atoms with Gasteiger partial charge in [-0.3, -0.25) is 4.79 Å². The third kappa shape index (κ3) is 4.50. The zero-order chi connectivity index (χ0) is 18.6. The third-order valence-corrected chi connectivity index (χ3v) is 7.38. The van der Waals surface area contributed by atoms with Crippen molar-refractivity contribution in [1.29, 1.82) is 0 Å². The lowest BCUT2D eigenvalue weighted by atomic mass is 10.1. The number of morpholine rings is 1. The van der Waals surface area contributed by atoms with Crippen LogP contribution >= 0.6 is 11.3 Å². The monoisotopic (exact) mass is 394 g/mol. The van der Waals surface area contributed by atoms with Gasteiger partial charge in [-0.15, -0.1) is 11.3 Å². The molecule has 140 valence electrons. The van der Waals surface area contributed by atoms with Crippen LogP contribution in [0.4, 0.5) is 0 Å². The van der Waals surface area contributed by atoms with Gasteiger partial charge in [-0.05, 0) is 24.1 Å². The Morgan fingerprint density at radius 2 is 2.04 bits per heavy atom. The van der Waals surface area contributed by atoms with Crippen LogP contribution in [0.2, 0.25) is 0 Å². The summed E-state index contributed by atoms with van der Waals surface area (Å²) in [4.78, 5) is 15.1. The number of amides is 1. The Bertz CT molecular complexity index is 849. The summed E-state index contributed by atoms with van der Waals surface area (Å²) in [5.74, 6) is -0.245. The molecule has 0 radical (unpaired) electrons. The summed E-state index contributed by atoms with van der Waals surface area (Å²) >= 11 is 1.23. The molecule has 1 amide bonds. The largest absolute Gasteiger partial charge is 0.370 e. The van der Waals surface area contributed by atoms with Crippen molar-refractivity contribution < 1.29 is 17.9 Å². The number of aryl methyl sites for hydroxylation is 1. The van der Waals surface area contributed by atoms with Gasteiger partial charge in [-0.2, -0.15) is 0 Å². The van der Waals surface area contributed by atoms with E-state index in [0.717, 1.165) is 16.9 Å². The minimum absolute atomic E-state index is 0.185. The van der Waals surface area contributed by atoms with Crippen LogP contribution in [0.15, 0.2) is 46.7 Å². The zero-order valence-electron chi connectivity index (χ0n) is 14.6. The Balaban J connectivity index is 1.59. The summed E-state index contributed by atoms with van der Waals surface area (Å²) in [5.41, 5.74) is 1.01. The van der Waals surface area contributed by atoms with Gasteiger partial charge in [0, 0.05) is 11.4 Å². The average Bonchev–Trinajstić information content (AvgIpc) is 3.17. The molecule has 1 atom stereocenters. The normalized spacial score (nSPS) is 18.0. The third-order valence-electron chi connectivity index (χ3n) is 4.25. The Kier molecular flexibility index (Phi) is 6.08. The van der Waals surface area contributed by atoms with Gasteiger partial charge >= 0.3 is 0 Å². The van der Waals surface area contributed by atoms with Crippen LogP contribution in [-0.2, 0) is 26.0 Å². The van der Waals surface area contributed by atoms with Gasteiger partial charge in [0.2, 0.25) is 5.91 Å². The van der Waals surface area contributed by atoms with Gasteiger partial charge in [-0.1, -0.05) is 37.3 Å². The van der Waals surface area contributed by atoms with E-state index < -0.39 is 10.0 Å². The van der Waals surface area contributed by atoms with Crippen LogP contribution in [0, 0.1) is 0 Å². The standard InChI is InChI=1S/C18H22N2O4S2/c1-2-15-8-9-18(25-15)26(22,23)19-12-17(21)20-10-11-24-16(13-20)14-6-4-3-5-7-14/h3-9,16,19H,2,10-13H2,1H3/t16-/m0/s1. The van der Waals surface area contributed by atoms with Gasteiger partial charge in [-0.25, -0.2) is 13.1 Å². The van der Waals surface area contributed by atoms with Gasteiger partial charge in [0.1, 0.15) is 10.3 Å². The minimum atomic E-state index is -3.66. The number of hydrogen-bond acceptors (Lipinski definition) is 5. The number of benzene rings is 1. The maximum absolute atomic E-state index is 12.5. The van der Waals surface area contributed by atoms with Crippen molar-refractivity contribution in [3.63, 3.8) is 0 Å². The van der Waals surface area contributed by atoms with E-state index >= 15 is 0 Å². The van der Waals surface area contributed by atoms with Crippen molar-refractivity contribution in [1.82, 2.24) is 9.62 Å². The second kappa shape index (κ2) is 8.30. The average molecular weight is 395 g/mol. The summed E-state index contributed by atoms with van der Waals surface area (Å²) in [6.45, 7) is 3.04. The molecule has 1 saturated heterocycles. The van der Waals surface area contributed by atoms with Crippen molar-refractivity contribution in [2.24, 2.45) is 0 Å². The van der Waals surface area contributed by atoms with Crippen LogP contribution in [0.3, 0.4) is 0 Å². The number of nitrogens with zero attached hydrogens (tertiary/aromatic N) is 1. The van der Waals surface area contributed by atoms with E-state index in [1.807, 2.05) is 37.3 Å². The first kappa shape index (κ1) is 19.0. The van der Waals surface area contributed by atoms with E-state index in [2.05, 4.69) is 4.72 Å². The fraction of sp³-hybridized carbons (Fsp3) is 0.389. The number of nitrogens with one attached hydrogen (secondary N) is 1. The Morgan fingerprint density at radius 3 is 2.73 bits per heavy atom. The number of carbonyl (C=O) groups is 1. The van der Waals surface area contributed by atoms with Crippen molar-refractivity contribution >= 4 is 27.3 Å². The molecule has 2 aromatic rings. The quantitative estimate of drug-likeness (QED) is 0.815. The predicted octanol–water partition coefficient (Wildman–Crippen LogP) is 2.19. The molecule has 0 bridgehead atoms. The first-order valence-corrected chi connectivity index (χ1v) is 10.8. The molecule has 0 spiro atoms. The number of hydrogen-bond donors (Lipinski definition) is 1. The van der Waals surface area contributed by atoms with E-state index in [1.54, 1.807) is 17.0 Å². The zero-order valence-corrected chi connectivity index (χ0v) is 16.2. The van der Waals surface area contributed by atoms with Gasteiger partial charge in [0.25, 0.3) is 10.0 Å². The Morgan fingerprint density at radius 1 is 1.27 bits per heavy atom.